The maximum atomic E-state index is 14.0. The largest absolute Gasteiger partial charge is 0.497 e. The minimum absolute atomic E-state index is 0.00609. The lowest BCUT2D eigenvalue weighted by molar-refractivity contribution is -0.0925. The van der Waals surface area contributed by atoms with E-state index in [2.05, 4.69) is 60.6 Å². The van der Waals surface area contributed by atoms with Crippen LogP contribution in [0.4, 0.5) is 5.82 Å². The third-order valence-corrected chi connectivity index (χ3v) is 12.7. The summed E-state index contributed by atoms with van der Waals surface area (Å²) in [5.74, 6) is 6.85. The van der Waals surface area contributed by atoms with Crippen molar-refractivity contribution < 1.29 is 32.8 Å². The third-order valence-electron chi connectivity index (χ3n) is 10.5. The minimum atomic E-state index is -1.73. The molecule has 5 aromatic rings. The minimum Gasteiger partial charge on any atom is -0.497 e. The molecule has 1 aliphatic rings. The molecule has 13 nitrogen and oxygen atoms in total. The molecule has 0 bridgehead atoms. The number of methoxy groups -OCH3 is 2. The third kappa shape index (κ3) is 11.0. The van der Waals surface area contributed by atoms with E-state index in [0.717, 1.165) is 16.7 Å². The number of amides is 1. The predicted molar refractivity (Wildman–Crippen MR) is 242 cm³/mol. The van der Waals surface area contributed by atoms with Crippen molar-refractivity contribution in [3.63, 3.8) is 0 Å². The molecule has 4 atom stereocenters. The first-order chi connectivity index (χ1) is 30.5. The molecule has 1 aliphatic heterocycles. The van der Waals surface area contributed by atoms with Gasteiger partial charge in [-0.3, -0.25) is 9.36 Å². The van der Waals surface area contributed by atoms with Gasteiger partial charge in [-0.15, -0.1) is 5.92 Å². The molecule has 1 unspecified atom stereocenters. The normalized spacial score (nSPS) is 16.6. The van der Waals surface area contributed by atoms with Crippen LogP contribution < -0.4 is 20.5 Å². The van der Waals surface area contributed by atoms with E-state index in [-0.39, 0.29) is 44.0 Å². The highest BCUT2D eigenvalue weighted by Crippen LogP contribution is 2.51. The zero-order valence-corrected chi connectivity index (χ0v) is 37.6. The van der Waals surface area contributed by atoms with E-state index in [9.17, 15) is 14.9 Å². The van der Waals surface area contributed by atoms with Crippen LogP contribution in [0.2, 0.25) is 0 Å². The number of carbonyl (C=O) groups excluding carboxylic acids is 1. The molecule has 1 fully saturated rings. The fourth-order valence-corrected chi connectivity index (χ4v) is 9.35. The first kappa shape index (κ1) is 46.6. The molecule has 2 heterocycles. The van der Waals surface area contributed by atoms with Crippen LogP contribution in [0, 0.1) is 23.2 Å². The van der Waals surface area contributed by atoms with Gasteiger partial charge in [0.25, 0.3) is 14.4 Å². The quantitative estimate of drug-likeness (QED) is 0.0368. The van der Waals surface area contributed by atoms with Crippen molar-refractivity contribution in [1.29, 1.82) is 5.26 Å². The molecule has 1 N–H and O–H groups in total. The van der Waals surface area contributed by atoms with Gasteiger partial charge in [0.15, 0.2) is 5.82 Å². The van der Waals surface area contributed by atoms with Crippen LogP contribution >= 0.6 is 8.53 Å². The molecule has 6 rings (SSSR count). The van der Waals surface area contributed by atoms with E-state index in [0.29, 0.717) is 22.6 Å². The maximum absolute atomic E-state index is 14.0. The van der Waals surface area contributed by atoms with Crippen molar-refractivity contribution in [2.75, 3.05) is 32.8 Å². The summed E-state index contributed by atoms with van der Waals surface area (Å²) < 4.78 is 42.2. The molecule has 328 valence electrons. The average molecular weight is 872 g/mol. The Hall–Kier alpha value is -5.89. The lowest BCUT2D eigenvalue weighted by atomic mass is 9.80. The highest BCUT2D eigenvalue weighted by Gasteiger charge is 2.45. The van der Waals surface area contributed by atoms with E-state index in [4.69, 9.17) is 28.0 Å². The molecule has 0 saturated carbocycles. The number of ether oxygens (including phenoxy) is 4. The van der Waals surface area contributed by atoms with Crippen LogP contribution in [0.3, 0.4) is 0 Å². The number of nitriles is 1. The standard InChI is InChI=1S/C49H54N5O8P/c1-8-16-37-32-53(48(56)52-46(37)51-47(55)36-17-11-9-12-18-36)45-31-43(62-63(60-30-15-29-50)54(34(2)3)35(4)5)44(61-45)33-59-49(38-19-13-10-14-20-38,39-21-25-41(57-6)26-22-39)40-23-27-42(58-7)28-24-40/h9-14,17-28,32,34-35,43-45H,15,30-31,33H2,1-7H3,(H,51,52,55,56)/t43-,44+,45+,63?/m0/s1. The summed E-state index contributed by atoms with van der Waals surface area (Å²) in [5, 5.41) is 12.2. The fourth-order valence-electron chi connectivity index (χ4n) is 7.59. The summed E-state index contributed by atoms with van der Waals surface area (Å²) in [6, 6.07) is 36.3. The van der Waals surface area contributed by atoms with Gasteiger partial charge in [0.2, 0.25) is 0 Å². The van der Waals surface area contributed by atoms with Gasteiger partial charge in [-0.25, -0.2) is 9.46 Å². The molecule has 14 heteroatoms. The lowest BCUT2D eigenvalue weighted by Crippen LogP contribution is -2.39. The van der Waals surface area contributed by atoms with Gasteiger partial charge in [0, 0.05) is 30.3 Å². The Morgan fingerprint density at radius 3 is 2.02 bits per heavy atom. The molecule has 4 aromatic carbocycles. The van der Waals surface area contributed by atoms with Crippen molar-refractivity contribution in [1.82, 2.24) is 14.2 Å². The second kappa shape index (κ2) is 22.0. The fraction of sp³-hybridized carbons (Fsp3) is 0.347. The summed E-state index contributed by atoms with van der Waals surface area (Å²) >= 11 is 0. The monoisotopic (exact) mass is 871 g/mol. The zero-order valence-electron chi connectivity index (χ0n) is 36.7. The topological polar surface area (TPSA) is 146 Å². The number of anilines is 1. The molecule has 0 radical (unpaired) electrons. The molecule has 1 aromatic heterocycles. The van der Waals surface area contributed by atoms with Crippen LogP contribution in [0.1, 0.15) is 86.3 Å². The second-order valence-corrected chi connectivity index (χ2v) is 16.7. The van der Waals surface area contributed by atoms with E-state index in [1.807, 2.05) is 84.9 Å². The predicted octanol–water partition coefficient (Wildman–Crippen LogP) is 8.84. The smallest absolute Gasteiger partial charge is 0.351 e. The van der Waals surface area contributed by atoms with Crippen LogP contribution in [0.15, 0.2) is 120 Å². The summed E-state index contributed by atoms with van der Waals surface area (Å²) in [4.78, 5) is 31.5. The average Bonchev–Trinajstić information content (AvgIpc) is 3.70. The number of nitrogens with one attached hydrogen (secondary N) is 1. The molecule has 0 aliphatic carbocycles. The number of rotatable bonds is 19. The van der Waals surface area contributed by atoms with Gasteiger partial charge < -0.3 is 33.3 Å². The zero-order chi connectivity index (χ0) is 44.9. The first-order valence-electron chi connectivity index (χ1n) is 20.8. The number of hydrogen-bond donors (Lipinski definition) is 1. The second-order valence-electron chi connectivity index (χ2n) is 15.3. The van der Waals surface area contributed by atoms with E-state index in [1.165, 1.54) is 4.57 Å². The molecule has 1 amide bonds. The molecule has 1 saturated heterocycles. The highest BCUT2D eigenvalue weighted by molar-refractivity contribution is 7.44. The number of benzene rings is 4. The highest BCUT2D eigenvalue weighted by atomic mass is 31.2. The van der Waals surface area contributed by atoms with Crippen LogP contribution in [-0.4, -0.2) is 71.9 Å². The van der Waals surface area contributed by atoms with Crippen molar-refractivity contribution in [2.24, 2.45) is 0 Å². The van der Waals surface area contributed by atoms with Gasteiger partial charge >= 0.3 is 5.69 Å². The SMILES string of the molecule is CC#Cc1cn([C@H]2C[C@H](OP(OCCC#N)N(C(C)C)C(C)C)[C@@H](COC(c3ccccc3)(c3ccc(OC)cc3)c3ccc(OC)cc3)O2)c(=O)nc1NC(=O)c1ccccc1. The Morgan fingerprint density at radius 2 is 1.48 bits per heavy atom. The van der Waals surface area contributed by atoms with E-state index in [1.54, 1.807) is 51.6 Å². The van der Waals surface area contributed by atoms with Gasteiger partial charge in [-0.05, 0) is 87.7 Å². The van der Waals surface area contributed by atoms with Crippen LogP contribution in [0.5, 0.6) is 11.5 Å². The number of carbonyl (C=O) groups is 1. The Labute approximate surface area is 370 Å². The lowest BCUT2D eigenvalue weighted by Gasteiger charge is -2.39. The van der Waals surface area contributed by atoms with Gasteiger partial charge in [-0.1, -0.05) is 78.7 Å². The molecular formula is C49H54N5O8P. The summed E-state index contributed by atoms with van der Waals surface area (Å²) in [7, 11) is 1.52. The number of aromatic nitrogens is 2. The van der Waals surface area contributed by atoms with Gasteiger partial charge in [0.1, 0.15) is 29.4 Å². The van der Waals surface area contributed by atoms with Crippen LogP contribution in [0.25, 0.3) is 0 Å². The Bertz CT molecular complexity index is 2380. The summed E-state index contributed by atoms with van der Waals surface area (Å²) in [5.41, 5.74) is 1.42. The Balaban J connectivity index is 1.44. The van der Waals surface area contributed by atoms with Crippen molar-refractivity contribution in [2.45, 2.75) is 83.6 Å². The van der Waals surface area contributed by atoms with Crippen LogP contribution in [-0.2, 0) is 24.1 Å². The summed E-state index contributed by atoms with van der Waals surface area (Å²) in [6.07, 6.45) is -0.366. The van der Waals surface area contributed by atoms with Gasteiger partial charge in [0.05, 0.1) is 51.6 Å². The molecule has 63 heavy (non-hydrogen) atoms. The van der Waals surface area contributed by atoms with E-state index >= 15 is 0 Å². The number of nitrogens with zero attached hydrogens (tertiary/aromatic N) is 4. The van der Waals surface area contributed by atoms with Gasteiger partial charge in [-0.2, -0.15) is 10.2 Å². The first-order valence-corrected chi connectivity index (χ1v) is 22.0. The Morgan fingerprint density at radius 1 is 0.905 bits per heavy atom. The van der Waals surface area contributed by atoms with E-state index < -0.39 is 44.2 Å². The Kier molecular flexibility index (Phi) is 16.2. The maximum Gasteiger partial charge on any atom is 0.351 e. The van der Waals surface area contributed by atoms with Crippen molar-refractivity contribution in [3.05, 3.63) is 154 Å². The summed E-state index contributed by atoms with van der Waals surface area (Å²) in [6.45, 7) is 10.1. The number of hydrogen-bond acceptors (Lipinski definition) is 11. The van der Waals surface area contributed by atoms with Crippen molar-refractivity contribution in [3.8, 4) is 29.4 Å². The molecular weight excluding hydrogens is 818 g/mol. The van der Waals surface area contributed by atoms with Crippen molar-refractivity contribution >= 4 is 20.3 Å². The molecule has 0 spiro atoms.